The van der Waals surface area contributed by atoms with E-state index in [1.165, 1.54) is 6.92 Å². The molecule has 0 unspecified atom stereocenters. The molecule has 0 saturated carbocycles. The SMILES string of the molecule is CC(=O)Nc1cccc(C(=O)Nc2cc(C(C)(C)C)ccc2O)c1. The molecule has 0 radical (unpaired) electrons. The van der Waals surface area contributed by atoms with Crippen molar-refractivity contribution in [1.29, 1.82) is 0 Å². The highest BCUT2D eigenvalue weighted by Crippen LogP contribution is 2.31. The number of anilines is 2. The molecule has 5 nitrogen and oxygen atoms in total. The molecule has 0 spiro atoms. The van der Waals surface area contributed by atoms with E-state index in [1.807, 2.05) is 6.07 Å². The Morgan fingerprint density at radius 1 is 1.00 bits per heavy atom. The molecule has 3 N–H and O–H groups in total. The third-order valence-electron chi connectivity index (χ3n) is 3.56. The highest BCUT2D eigenvalue weighted by atomic mass is 16.3. The highest BCUT2D eigenvalue weighted by molar-refractivity contribution is 6.06. The van der Waals surface area contributed by atoms with Gasteiger partial charge in [-0.15, -0.1) is 0 Å². The minimum atomic E-state index is -0.358. The molecule has 0 fully saturated rings. The molecule has 0 aliphatic heterocycles. The number of carbonyl (C=O) groups excluding carboxylic acids is 2. The minimum absolute atomic E-state index is 0.00867. The zero-order chi connectivity index (χ0) is 17.9. The molecule has 126 valence electrons. The Hall–Kier alpha value is -2.82. The van der Waals surface area contributed by atoms with E-state index in [2.05, 4.69) is 31.4 Å². The van der Waals surface area contributed by atoms with Crippen LogP contribution in [-0.2, 0) is 10.2 Å². The average molecular weight is 326 g/mol. The van der Waals surface area contributed by atoms with Gasteiger partial charge in [-0.25, -0.2) is 0 Å². The van der Waals surface area contributed by atoms with Gasteiger partial charge in [0.05, 0.1) is 5.69 Å². The van der Waals surface area contributed by atoms with Crippen molar-refractivity contribution < 1.29 is 14.7 Å². The molecular weight excluding hydrogens is 304 g/mol. The summed E-state index contributed by atoms with van der Waals surface area (Å²) in [6.07, 6.45) is 0. The summed E-state index contributed by atoms with van der Waals surface area (Å²) >= 11 is 0. The second kappa shape index (κ2) is 6.74. The molecule has 5 heteroatoms. The normalized spacial score (nSPS) is 11.0. The van der Waals surface area contributed by atoms with Gasteiger partial charge in [0.15, 0.2) is 0 Å². The Labute approximate surface area is 141 Å². The van der Waals surface area contributed by atoms with Crippen LogP contribution in [0.4, 0.5) is 11.4 Å². The van der Waals surface area contributed by atoms with Gasteiger partial charge in [0.1, 0.15) is 5.75 Å². The largest absolute Gasteiger partial charge is 0.506 e. The maximum absolute atomic E-state index is 12.4. The van der Waals surface area contributed by atoms with Crippen molar-refractivity contribution in [2.75, 3.05) is 10.6 Å². The molecule has 0 saturated heterocycles. The van der Waals surface area contributed by atoms with E-state index in [1.54, 1.807) is 36.4 Å². The lowest BCUT2D eigenvalue weighted by atomic mass is 9.87. The molecule has 0 aromatic heterocycles. The van der Waals surface area contributed by atoms with E-state index in [9.17, 15) is 14.7 Å². The van der Waals surface area contributed by atoms with Crippen molar-refractivity contribution in [2.45, 2.75) is 33.1 Å². The van der Waals surface area contributed by atoms with Crippen molar-refractivity contribution >= 4 is 23.2 Å². The lowest BCUT2D eigenvalue weighted by Crippen LogP contribution is -2.15. The third kappa shape index (κ3) is 4.35. The van der Waals surface area contributed by atoms with E-state index in [-0.39, 0.29) is 23.0 Å². The van der Waals surface area contributed by atoms with Crippen LogP contribution < -0.4 is 10.6 Å². The minimum Gasteiger partial charge on any atom is -0.506 e. The van der Waals surface area contributed by atoms with Crippen LogP contribution in [0.1, 0.15) is 43.6 Å². The van der Waals surface area contributed by atoms with Crippen LogP contribution in [0, 0.1) is 0 Å². The summed E-state index contributed by atoms with van der Waals surface area (Å²) in [6, 6.07) is 11.8. The van der Waals surface area contributed by atoms with E-state index < -0.39 is 0 Å². The monoisotopic (exact) mass is 326 g/mol. The first-order chi connectivity index (χ1) is 11.2. The third-order valence-corrected chi connectivity index (χ3v) is 3.56. The van der Waals surface area contributed by atoms with Gasteiger partial charge >= 0.3 is 0 Å². The summed E-state index contributed by atoms with van der Waals surface area (Å²) in [5.41, 5.74) is 2.20. The zero-order valence-electron chi connectivity index (χ0n) is 14.3. The van der Waals surface area contributed by atoms with Gasteiger partial charge in [0, 0.05) is 18.2 Å². The summed E-state index contributed by atoms with van der Waals surface area (Å²) in [7, 11) is 0. The van der Waals surface area contributed by atoms with Crippen LogP contribution in [0.5, 0.6) is 5.75 Å². The lowest BCUT2D eigenvalue weighted by molar-refractivity contribution is -0.114. The Morgan fingerprint density at radius 3 is 2.33 bits per heavy atom. The molecule has 2 amide bonds. The fourth-order valence-corrected chi connectivity index (χ4v) is 2.24. The predicted octanol–water partition coefficient (Wildman–Crippen LogP) is 3.90. The maximum atomic E-state index is 12.4. The van der Waals surface area contributed by atoms with Crippen LogP contribution in [0.25, 0.3) is 0 Å². The Balaban J connectivity index is 2.25. The number of phenolic OH excluding ortho intramolecular Hbond substituents is 1. The number of benzene rings is 2. The van der Waals surface area contributed by atoms with Gasteiger partial charge < -0.3 is 15.7 Å². The number of amides is 2. The van der Waals surface area contributed by atoms with E-state index in [0.717, 1.165) is 5.56 Å². The molecule has 2 aromatic carbocycles. The number of rotatable bonds is 3. The van der Waals surface area contributed by atoms with Crippen LogP contribution >= 0.6 is 0 Å². The van der Waals surface area contributed by atoms with Crippen molar-refractivity contribution in [3.63, 3.8) is 0 Å². The summed E-state index contributed by atoms with van der Waals surface area (Å²) in [6.45, 7) is 7.58. The van der Waals surface area contributed by atoms with Gasteiger partial charge in [-0.1, -0.05) is 32.9 Å². The van der Waals surface area contributed by atoms with Gasteiger partial charge in [-0.05, 0) is 41.3 Å². The molecule has 2 rings (SSSR count). The Kier molecular flexibility index (Phi) is 4.93. The number of nitrogens with one attached hydrogen (secondary N) is 2. The topological polar surface area (TPSA) is 78.4 Å². The zero-order valence-corrected chi connectivity index (χ0v) is 14.3. The standard InChI is InChI=1S/C19H22N2O3/c1-12(22)20-15-7-5-6-13(10-15)18(24)21-16-11-14(19(2,3)4)8-9-17(16)23/h5-11,23H,1-4H3,(H,20,22)(H,21,24). The lowest BCUT2D eigenvalue weighted by Gasteiger charge is -2.20. The molecule has 24 heavy (non-hydrogen) atoms. The Bertz CT molecular complexity index is 776. The van der Waals surface area contributed by atoms with Crippen LogP contribution in [0.2, 0.25) is 0 Å². The fraction of sp³-hybridized carbons (Fsp3) is 0.263. The quantitative estimate of drug-likeness (QED) is 0.749. The van der Waals surface area contributed by atoms with Crippen molar-refractivity contribution in [3.8, 4) is 5.75 Å². The first-order valence-electron chi connectivity index (χ1n) is 7.69. The summed E-state index contributed by atoms with van der Waals surface area (Å²) in [5.74, 6) is -0.555. The average Bonchev–Trinajstić information content (AvgIpc) is 2.48. The van der Waals surface area contributed by atoms with Gasteiger partial charge in [0.25, 0.3) is 5.91 Å². The smallest absolute Gasteiger partial charge is 0.255 e. The number of aromatic hydroxyl groups is 1. The predicted molar refractivity (Wildman–Crippen MR) is 95.5 cm³/mol. The van der Waals surface area contributed by atoms with Crippen molar-refractivity contribution in [3.05, 3.63) is 53.6 Å². The number of hydrogen-bond acceptors (Lipinski definition) is 3. The van der Waals surface area contributed by atoms with E-state index in [0.29, 0.717) is 16.9 Å². The number of hydrogen-bond donors (Lipinski definition) is 3. The summed E-state index contributed by atoms with van der Waals surface area (Å²) in [5, 5.41) is 15.4. The van der Waals surface area contributed by atoms with Gasteiger partial charge in [0.2, 0.25) is 5.91 Å². The molecule has 2 aromatic rings. The molecule has 0 atom stereocenters. The van der Waals surface area contributed by atoms with E-state index in [4.69, 9.17) is 0 Å². The second-order valence-corrected chi connectivity index (χ2v) is 6.70. The van der Waals surface area contributed by atoms with Crippen LogP contribution in [0.15, 0.2) is 42.5 Å². The summed E-state index contributed by atoms with van der Waals surface area (Å²) < 4.78 is 0. The van der Waals surface area contributed by atoms with Crippen molar-refractivity contribution in [1.82, 2.24) is 0 Å². The molecule has 0 bridgehead atoms. The molecule has 0 heterocycles. The van der Waals surface area contributed by atoms with Gasteiger partial charge in [-0.2, -0.15) is 0 Å². The Morgan fingerprint density at radius 2 is 1.71 bits per heavy atom. The highest BCUT2D eigenvalue weighted by Gasteiger charge is 2.17. The second-order valence-electron chi connectivity index (χ2n) is 6.70. The van der Waals surface area contributed by atoms with Gasteiger partial charge in [-0.3, -0.25) is 9.59 Å². The van der Waals surface area contributed by atoms with Crippen molar-refractivity contribution in [2.24, 2.45) is 0 Å². The number of phenols is 1. The summed E-state index contributed by atoms with van der Waals surface area (Å²) in [4.78, 5) is 23.5. The fourth-order valence-electron chi connectivity index (χ4n) is 2.24. The van der Waals surface area contributed by atoms with Crippen LogP contribution in [0.3, 0.4) is 0 Å². The van der Waals surface area contributed by atoms with Crippen LogP contribution in [-0.4, -0.2) is 16.9 Å². The molecular formula is C19H22N2O3. The first kappa shape index (κ1) is 17.5. The van der Waals surface area contributed by atoms with E-state index >= 15 is 0 Å². The molecule has 0 aliphatic rings. The maximum Gasteiger partial charge on any atom is 0.255 e. The number of carbonyl (C=O) groups is 2. The molecule has 0 aliphatic carbocycles. The first-order valence-corrected chi connectivity index (χ1v) is 7.69.